The molecule has 2 aromatic carbocycles. The number of rotatable bonds is 8. The highest BCUT2D eigenvalue weighted by atomic mass is 32.2. The minimum Gasteiger partial charge on any atom is -0.435 e. The average Bonchev–Trinajstić information content (AvgIpc) is 3.25. The third kappa shape index (κ3) is 4.15. The Hall–Kier alpha value is -3.34. The van der Waals surface area contributed by atoms with Crippen LogP contribution in [0.3, 0.4) is 0 Å². The lowest BCUT2D eigenvalue weighted by molar-refractivity contribution is -0.0498. The van der Waals surface area contributed by atoms with Crippen molar-refractivity contribution in [3.05, 3.63) is 59.0 Å². The van der Waals surface area contributed by atoms with Crippen molar-refractivity contribution in [3.63, 3.8) is 0 Å². The standard InChI is InChI=1S/C19H18F2N6O2S/c20-17(21)29-13-8-6-12(7-9-13)16-24-25-19(27(16)22)30-11-3-10-26-15-5-2-1-4-14(15)23-18(26)28/h1-2,4-9,17H,3,10-11,22H2,(H,23,28). The number of aromatic amines is 1. The van der Waals surface area contributed by atoms with Crippen LogP contribution in [0.2, 0.25) is 0 Å². The number of hydrogen-bond acceptors (Lipinski definition) is 6. The van der Waals surface area contributed by atoms with Gasteiger partial charge in [0.15, 0.2) is 5.82 Å². The van der Waals surface area contributed by atoms with Crippen LogP contribution in [-0.2, 0) is 6.54 Å². The van der Waals surface area contributed by atoms with Gasteiger partial charge in [-0.05, 0) is 42.8 Å². The first-order valence-electron chi connectivity index (χ1n) is 9.09. The van der Waals surface area contributed by atoms with E-state index in [1.165, 1.54) is 28.6 Å². The second-order valence-corrected chi connectivity index (χ2v) is 7.44. The van der Waals surface area contributed by atoms with Gasteiger partial charge in [-0.3, -0.25) is 4.57 Å². The molecule has 2 aromatic heterocycles. The highest BCUT2D eigenvalue weighted by Gasteiger charge is 2.13. The van der Waals surface area contributed by atoms with E-state index in [-0.39, 0.29) is 11.4 Å². The van der Waals surface area contributed by atoms with Gasteiger partial charge in [-0.25, -0.2) is 9.47 Å². The van der Waals surface area contributed by atoms with Crippen molar-refractivity contribution in [1.29, 1.82) is 0 Å². The van der Waals surface area contributed by atoms with Gasteiger partial charge in [0.2, 0.25) is 5.16 Å². The number of alkyl halides is 2. The molecule has 4 rings (SSSR count). The van der Waals surface area contributed by atoms with Crippen molar-refractivity contribution >= 4 is 22.8 Å². The Kier molecular flexibility index (Phi) is 5.70. The van der Waals surface area contributed by atoms with Crippen LogP contribution in [0, 0.1) is 0 Å². The maximum Gasteiger partial charge on any atom is 0.387 e. The highest BCUT2D eigenvalue weighted by Crippen LogP contribution is 2.24. The third-order valence-corrected chi connectivity index (χ3v) is 5.47. The summed E-state index contributed by atoms with van der Waals surface area (Å²) in [4.78, 5) is 14.9. The van der Waals surface area contributed by atoms with Gasteiger partial charge in [-0.15, -0.1) is 10.2 Å². The number of para-hydroxylation sites is 2. The summed E-state index contributed by atoms with van der Waals surface area (Å²) in [5.41, 5.74) is 2.18. The summed E-state index contributed by atoms with van der Waals surface area (Å²) in [5.74, 6) is 7.24. The molecule has 0 amide bonds. The molecule has 11 heteroatoms. The zero-order valence-corrected chi connectivity index (χ0v) is 16.5. The Bertz CT molecular complexity index is 1200. The first kappa shape index (κ1) is 20.0. The number of ether oxygens (including phenoxy) is 1. The molecule has 0 unspecified atom stereocenters. The quantitative estimate of drug-likeness (QED) is 0.252. The average molecular weight is 432 g/mol. The molecule has 8 nitrogen and oxygen atoms in total. The van der Waals surface area contributed by atoms with Gasteiger partial charge < -0.3 is 15.6 Å². The topological polar surface area (TPSA) is 104 Å². The van der Waals surface area contributed by atoms with Gasteiger partial charge in [-0.1, -0.05) is 23.9 Å². The Labute approximate surface area is 173 Å². The van der Waals surface area contributed by atoms with Crippen molar-refractivity contribution in [2.24, 2.45) is 0 Å². The summed E-state index contributed by atoms with van der Waals surface area (Å²) in [7, 11) is 0. The van der Waals surface area contributed by atoms with Crippen LogP contribution in [-0.4, -0.2) is 36.8 Å². The van der Waals surface area contributed by atoms with E-state index in [2.05, 4.69) is 19.9 Å². The Morgan fingerprint density at radius 2 is 1.90 bits per heavy atom. The molecule has 30 heavy (non-hydrogen) atoms. The predicted molar refractivity (Wildman–Crippen MR) is 110 cm³/mol. The maximum absolute atomic E-state index is 12.3. The Morgan fingerprint density at radius 3 is 2.67 bits per heavy atom. The summed E-state index contributed by atoms with van der Waals surface area (Å²) in [6, 6.07) is 13.6. The molecule has 0 aliphatic carbocycles. The van der Waals surface area contributed by atoms with Crippen LogP contribution in [0.5, 0.6) is 5.75 Å². The molecule has 0 aliphatic heterocycles. The molecule has 0 atom stereocenters. The normalized spacial score (nSPS) is 11.4. The number of benzene rings is 2. The minimum absolute atomic E-state index is 0.0546. The summed E-state index contributed by atoms with van der Waals surface area (Å²) in [6.45, 7) is -2.32. The number of nitrogen functional groups attached to an aromatic ring is 1. The second kappa shape index (κ2) is 8.57. The van der Waals surface area contributed by atoms with E-state index in [0.29, 0.717) is 28.8 Å². The molecule has 2 heterocycles. The van der Waals surface area contributed by atoms with Gasteiger partial charge >= 0.3 is 12.3 Å². The van der Waals surface area contributed by atoms with Crippen molar-refractivity contribution in [2.75, 3.05) is 11.6 Å². The van der Waals surface area contributed by atoms with E-state index in [9.17, 15) is 13.6 Å². The zero-order valence-electron chi connectivity index (χ0n) is 15.7. The number of H-pyrrole nitrogens is 1. The molecule has 0 bridgehead atoms. The van der Waals surface area contributed by atoms with Crippen LogP contribution in [0.1, 0.15) is 6.42 Å². The lowest BCUT2D eigenvalue weighted by Crippen LogP contribution is -2.17. The SMILES string of the molecule is Nn1c(SCCCn2c(=O)[nH]c3ccccc32)nnc1-c1ccc(OC(F)F)cc1. The second-order valence-electron chi connectivity index (χ2n) is 6.38. The fourth-order valence-corrected chi connectivity index (χ4v) is 3.85. The number of halogens is 2. The van der Waals surface area contributed by atoms with Crippen LogP contribution >= 0.6 is 11.8 Å². The number of hydrogen-bond donors (Lipinski definition) is 2. The van der Waals surface area contributed by atoms with Gasteiger partial charge in [0.05, 0.1) is 11.0 Å². The number of nitrogens with zero attached hydrogens (tertiary/aromatic N) is 4. The number of aromatic nitrogens is 5. The van der Waals surface area contributed by atoms with Crippen molar-refractivity contribution in [1.82, 2.24) is 24.4 Å². The van der Waals surface area contributed by atoms with Gasteiger partial charge in [0.1, 0.15) is 5.75 Å². The maximum atomic E-state index is 12.3. The first-order valence-corrected chi connectivity index (χ1v) is 10.1. The molecule has 0 spiro atoms. The molecule has 0 aliphatic rings. The number of nitrogens with one attached hydrogen (secondary N) is 1. The van der Waals surface area contributed by atoms with E-state index < -0.39 is 6.61 Å². The first-order chi connectivity index (χ1) is 14.5. The summed E-state index contributed by atoms with van der Waals surface area (Å²) >= 11 is 1.42. The number of nitrogens with two attached hydrogens (primary N) is 1. The molecule has 0 fully saturated rings. The molecular weight excluding hydrogens is 414 g/mol. The van der Waals surface area contributed by atoms with Gasteiger partial charge in [0, 0.05) is 17.9 Å². The predicted octanol–water partition coefficient (Wildman–Crippen LogP) is 3.09. The third-order valence-electron chi connectivity index (χ3n) is 4.44. The smallest absolute Gasteiger partial charge is 0.387 e. The number of aryl methyl sites for hydroxylation is 1. The van der Waals surface area contributed by atoms with E-state index in [1.54, 1.807) is 16.7 Å². The van der Waals surface area contributed by atoms with E-state index in [4.69, 9.17) is 5.84 Å². The van der Waals surface area contributed by atoms with E-state index in [0.717, 1.165) is 17.5 Å². The van der Waals surface area contributed by atoms with Gasteiger partial charge in [0.25, 0.3) is 0 Å². The molecule has 0 radical (unpaired) electrons. The monoisotopic (exact) mass is 432 g/mol. The molecule has 4 aromatic rings. The lowest BCUT2D eigenvalue weighted by atomic mass is 10.2. The van der Waals surface area contributed by atoms with Gasteiger partial charge in [-0.2, -0.15) is 8.78 Å². The highest BCUT2D eigenvalue weighted by molar-refractivity contribution is 7.99. The van der Waals surface area contributed by atoms with Crippen LogP contribution in [0.15, 0.2) is 58.5 Å². The summed E-state index contributed by atoms with van der Waals surface area (Å²) in [6.07, 6.45) is 0.730. The van der Waals surface area contributed by atoms with E-state index in [1.807, 2.05) is 24.3 Å². The fourth-order valence-electron chi connectivity index (χ4n) is 3.07. The fraction of sp³-hybridized carbons (Fsp3) is 0.211. The molecule has 156 valence electrons. The number of fused-ring (bicyclic) bond motifs is 1. The van der Waals surface area contributed by atoms with Crippen molar-refractivity contribution < 1.29 is 13.5 Å². The largest absolute Gasteiger partial charge is 0.435 e. The van der Waals surface area contributed by atoms with E-state index >= 15 is 0 Å². The zero-order chi connectivity index (χ0) is 21.1. The Balaban J connectivity index is 1.37. The molecular formula is C19H18F2N6O2S. The van der Waals surface area contributed by atoms with Crippen molar-refractivity contribution in [2.45, 2.75) is 24.7 Å². The summed E-state index contributed by atoms with van der Waals surface area (Å²) < 4.78 is 31.9. The van der Waals surface area contributed by atoms with Crippen molar-refractivity contribution in [3.8, 4) is 17.1 Å². The molecule has 3 N–H and O–H groups in total. The number of thioether (sulfide) groups is 1. The number of imidazole rings is 1. The van der Waals surface area contributed by atoms with Crippen LogP contribution < -0.4 is 16.3 Å². The lowest BCUT2D eigenvalue weighted by Gasteiger charge is -2.06. The minimum atomic E-state index is -2.88. The Morgan fingerprint density at radius 1 is 1.13 bits per heavy atom. The molecule has 0 saturated carbocycles. The summed E-state index contributed by atoms with van der Waals surface area (Å²) in [5, 5.41) is 8.69. The van der Waals surface area contributed by atoms with Crippen LogP contribution in [0.4, 0.5) is 8.78 Å². The molecule has 0 saturated heterocycles. The van der Waals surface area contributed by atoms with Crippen LogP contribution in [0.25, 0.3) is 22.4 Å².